The first-order chi connectivity index (χ1) is 12.2. The van der Waals surface area contributed by atoms with Crippen LogP contribution in [0.15, 0.2) is 18.2 Å². The molecule has 142 valence electrons. The molecule has 0 radical (unpaired) electrons. The average molecular weight is 380 g/mol. The smallest absolute Gasteiger partial charge is 0.325 e. The van der Waals surface area contributed by atoms with Crippen molar-refractivity contribution in [3.63, 3.8) is 0 Å². The van der Waals surface area contributed by atoms with Gasteiger partial charge in [0.2, 0.25) is 10.3 Å². The van der Waals surface area contributed by atoms with Gasteiger partial charge in [-0.15, -0.1) is 10.2 Å². The second kappa shape index (κ2) is 8.93. The highest BCUT2D eigenvalue weighted by molar-refractivity contribution is 7.19. The van der Waals surface area contributed by atoms with Crippen molar-refractivity contribution < 1.29 is 9.18 Å². The van der Waals surface area contributed by atoms with Crippen molar-refractivity contribution in [2.24, 2.45) is 11.8 Å². The van der Waals surface area contributed by atoms with Crippen LogP contribution in [0.3, 0.4) is 0 Å². The molecule has 0 unspecified atom stereocenters. The van der Waals surface area contributed by atoms with Crippen molar-refractivity contribution >= 4 is 33.3 Å². The van der Waals surface area contributed by atoms with Crippen LogP contribution in [0.4, 0.5) is 25.1 Å². The van der Waals surface area contributed by atoms with Gasteiger partial charge in [0.05, 0.1) is 0 Å². The van der Waals surface area contributed by atoms with Crippen LogP contribution in [0.2, 0.25) is 0 Å². The van der Waals surface area contributed by atoms with E-state index in [1.165, 1.54) is 17.4 Å². The summed E-state index contributed by atoms with van der Waals surface area (Å²) in [6.45, 7) is 12.0. The fourth-order valence-electron chi connectivity index (χ4n) is 2.44. The maximum Gasteiger partial charge on any atom is 0.325 e. The number of nitrogens with one attached hydrogen (secondary N) is 2. The third-order valence-corrected chi connectivity index (χ3v) is 4.41. The lowest BCUT2D eigenvalue weighted by molar-refractivity contribution is 0.262. The number of rotatable bonds is 7. The maximum absolute atomic E-state index is 13.6. The minimum atomic E-state index is -0.477. The van der Waals surface area contributed by atoms with Gasteiger partial charge in [-0.25, -0.2) is 9.18 Å². The van der Waals surface area contributed by atoms with Gasteiger partial charge < -0.3 is 10.2 Å². The molecule has 0 fully saturated rings. The number of hydrogen-bond acceptors (Lipinski definition) is 5. The van der Waals surface area contributed by atoms with Crippen LogP contribution < -0.4 is 15.5 Å². The number of urea groups is 1. The van der Waals surface area contributed by atoms with Gasteiger partial charge in [0.15, 0.2) is 0 Å². The number of hydrogen-bond donors (Lipinski definition) is 2. The number of aryl methyl sites for hydroxylation is 1. The molecule has 2 aromatic rings. The molecule has 8 heteroatoms. The zero-order valence-electron chi connectivity index (χ0n) is 15.8. The van der Waals surface area contributed by atoms with Crippen LogP contribution >= 0.6 is 11.3 Å². The predicted octanol–water partition coefficient (Wildman–Crippen LogP) is 4.75. The molecule has 26 heavy (non-hydrogen) atoms. The quantitative estimate of drug-likeness (QED) is 0.728. The van der Waals surface area contributed by atoms with E-state index < -0.39 is 6.03 Å². The van der Waals surface area contributed by atoms with Gasteiger partial charge in [-0.1, -0.05) is 45.1 Å². The van der Waals surface area contributed by atoms with E-state index in [4.69, 9.17) is 0 Å². The molecule has 1 aromatic heterocycles. The van der Waals surface area contributed by atoms with Crippen molar-refractivity contribution in [2.45, 2.75) is 34.6 Å². The fraction of sp³-hybridized carbons (Fsp3) is 0.500. The van der Waals surface area contributed by atoms with E-state index in [-0.39, 0.29) is 5.82 Å². The Kier molecular flexibility index (Phi) is 6.90. The minimum Gasteiger partial charge on any atom is -0.346 e. The molecule has 0 saturated heterocycles. The first kappa shape index (κ1) is 20.1. The topological polar surface area (TPSA) is 70.1 Å². The maximum atomic E-state index is 13.6. The normalized spacial score (nSPS) is 11.1. The number of halogens is 1. The summed E-state index contributed by atoms with van der Waals surface area (Å²) < 4.78 is 13.6. The summed E-state index contributed by atoms with van der Waals surface area (Å²) in [4.78, 5) is 14.3. The van der Waals surface area contributed by atoms with Crippen LogP contribution in [-0.2, 0) is 0 Å². The summed E-state index contributed by atoms with van der Waals surface area (Å²) in [7, 11) is 0. The van der Waals surface area contributed by atoms with Crippen LogP contribution in [-0.4, -0.2) is 29.3 Å². The second-order valence-electron chi connectivity index (χ2n) is 7.13. The van der Waals surface area contributed by atoms with Gasteiger partial charge >= 0.3 is 6.03 Å². The zero-order chi connectivity index (χ0) is 19.3. The number of aromatic nitrogens is 2. The van der Waals surface area contributed by atoms with E-state index in [1.54, 1.807) is 19.1 Å². The number of carbonyl (C=O) groups is 1. The van der Waals surface area contributed by atoms with Crippen LogP contribution in [0.5, 0.6) is 0 Å². The molecule has 6 nitrogen and oxygen atoms in total. The predicted molar refractivity (Wildman–Crippen MR) is 106 cm³/mol. The highest BCUT2D eigenvalue weighted by Crippen LogP contribution is 2.26. The summed E-state index contributed by atoms with van der Waals surface area (Å²) in [6, 6.07) is 4.07. The molecule has 1 heterocycles. The van der Waals surface area contributed by atoms with Crippen molar-refractivity contribution in [3.05, 3.63) is 29.6 Å². The molecule has 0 spiro atoms. The van der Waals surface area contributed by atoms with E-state index in [1.807, 2.05) is 0 Å². The summed E-state index contributed by atoms with van der Waals surface area (Å²) >= 11 is 1.33. The molecule has 0 bridgehead atoms. The highest BCUT2D eigenvalue weighted by Gasteiger charge is 2.16. The van der Waals surface area contributed by atoms with Crippen molar-refractivity contribution in [1.29, 1.82) is 0 Å². The first-order valence-electron chi connectivity index (χ1n) is 8.67. The Hall–Kier alpha value is -2.22. The average Bonchev–Trinajstić information content (AvgIpc) is 2.97. The van der Waals surface area contributed by atoms with E-state index in [0.717, 1.165) is 18.2 Å². The Balaban J connectivity index is 2.01. The Morgan fingerprint density at radius 3 is 2.38 bits per heavy atom. The molecular formula is C18H26FN5OS. The fourth-order valence-corrected chi connectivity index (χ4v) is 3.19. The number of benzene rings is 1. The van der Waals surface area contributed by atoms with Crippen molar-refractivity contribution in [1.82, 2.24) is 10.2 Å². The SMILES string of the molecule is Cc1ccc(NC(=O)Nc2nnc(N(CC(C)C)CC(C)C)s2)cc1F. The molecular weight excluding hydrogens is 353 g/mol. The third kappa shape index (κ3) is 5.94. The van der Waals surface area contributed by atoms with Crippen LogP contribution in [0.25, 0.3) is 0 Å². The van der Waals surface area contributed by atoms with Gasteiger partial charge in [0.1, 0.15) is 5.82 Å². The minimum absolute atomic E-state index is 0.362. The lowest BCUT2D eigenvalue weighted by atomic mass is 10.1. The Morgan fingerprint density at radius 2 is 1.81 bits per heavy atom. The Bertz CT molecular complexity index is 737. The van der Waals surface area contributed by atoms with E-state index in [2.05, 4.69) is 53.4 Å². The zero-order valence-corrected chi connectivity index (χ0v) is 16.7. The molecule has 0 saturated carbocycles. The molecule has 0 aliphatic carbocycles. The number of amides is 2. The number of anilines is 3. The first-order valence-corrected chi connectivity index (χ1v) is 9.49. The Labute approximate surface area is 157 Å². The molecule has 1 aromatic carbocycles. The highest BCUT2D eigenvalue weighted by atomic mass is 32.1. The molecule has 0 atom stereocenters. The van der Waals surface area contributed by atoms with Gasteiger partial charge in [-0.2, -0.15) is 0 Å². The van der Waals surface area contributed by atoms with Crippen LogP contribution in [0.1, 0.15) is 33.3 Å². The molecule has 2 N–H and O–H groups in total. The largest absolute Gasteiger partial charge is 0.346 e. The van der Waals surface area contributed by atoms with Crippen LogP contribution in [0, 0.1) is 24.6 Å². The lowest BCUT2D eigenvalue weighted by Gasteiger charge is -2.25. The van der Waals surface area contributed by atoms with Gasteiger partial charge in [0, 0.05) is 18.8 Å². The van der Waals surface area contributed by atoms with Crippen molar-refractivity contribution in [2.75, 3.05) is 28.6 Å². The molecule has 0 aliphatic rings. The molecule has 0 aliphatic heterocycles. The Morgan fingerprint density at radius 1 is 1.15 bits per heavy atom. The van der Waals surface area contributed by atoms with E-state index >= 15 is 0 Å². The standard InChI is InChI=1S/C18H26FN5OS/c1-11(2)9-24(10-12(3)4)18-23-22-17(26-18)21-16(25)20-14-7-6-13(5)15(19)8-14/h6-8,11-12H,9-10H2,1-5H3,(H2,20,21,22,25). The number of carbonyl (C=O) groups excluding carboxylic acids is 1. The van der Waals surface area contributed by atoms with Gasteiger partial charge in [-0.3, -0.25) is 5.32 Å². The van der Waals surface area contributed by atoms with Crippen molar-refractivity contribution in [3.8, 4) is 0 Å². The van der Waals surface area contributed by atoms with E-state index in [0.29, 0.717) is 28.2 Å². The van der Waals surface area contributed by atoms with E-state index in [9.17, 15) is 9.18 Å². The monoisotopic (exact) mass is 379 g/mol. The summed E-state index contributed by atoms with van der Waals surface area (Å²) in [5.41, 5.74) is 0.914. The summed E-state index contributed by atoms with van der Waals surface area (Å²) in [6.07, 6.45) is 0. The lowest BCUT2D eigenvalue weighted by Crippen LogP contribution is -2.31. The third-order valence-electron chi connectivity index (χ3n) is 3.51. The number of nitrogens with zero attached hydrogens (tertiary/aromatic N) is 3. The molecule has 2 rings (SSSR count). The second-order valence-corrected chi connectivity index (χ2v) is 8.08. The molecule has 2 amide bonds. The van der Waals surface area contributed by atoms with Gasteiger partial charge in [0.25, 0.3) is 0 Å². The summed E-state index contributed by atoms with van der Waals surface area (Å²) in [5.74, 6) is 0.626. The van der Waals surface area contributed by atoms with Gasteiger partial charge in [-0.05, 0) is 36.5 Å². The summed E-state index contributed by atoms with van der Waals surface area (Å²) in [5, 5.41) is 14.7.